The van der Waals surface area contributed by atoms with E-state index in [0.29, 0.717) is 16.4 Å². The lowest BCUT2D eigenvalue weighted by Gasteiger charge is -2.38. The third-order valence-corrected chi connectivity index (χ3v) is 6.93. The molecule has 2 aromatic rings. The van der Waals surface area contributed by atoms with Gasteiger partial charge in [0, 0.05) is 30.9 Å². The lowest BCUT2D eigenvalue weighted by Crippen LogP contribution is -2.48. The van der Waals surface area contributed by atoms with Gasteiger partial charge in [-0.25, -0.2) is 14.8 Å². The van der Waals surface area contributed by atoms with Gasteiger partial charge in [0.25, 0.3) is 5.91 Å². The Morgan fingerprint density at radius 1 is 1.18 bits per heavy atom. The number of amides is 3. The standard InChI is InChI=1S/C23H28ClN7O2S/c1-12(2)25-20(32)15-7-5-6-8-16(15)27-22(33)30-23-29-19-13(3)10-31(11-17(19)34-23)18-9-14(4)26-21(24)28-18/h5-9,12-13,17,19H,10-11H2,1-4H3,(H,25,32)(H2,27,29,30,33). The normalized spacial score (nSPS) is 21.6. The summed E-state index contributed by atoms with van der Waals surface area (Å²) in [7, 11) is 0. The highest BCUT2D eigenvalue weighted by atomic mass is 35.5. The van der Waals surface area contributed by atoms with Crippen molar-refractivity contribution in [2.24, 2.45) is 10.9 Å². The summed E-state index contributed by atoms with van der Waals surface area (Å²) < 4.78 is 0. The van der Waals surface area contributed by atoms with Gasteiger partial charge in [0.2, 0.25) is 5.28 Å². The SMILES string of the molecule is Cc1cc(N2CC(C)C3N=C(NC(=O)Nc4ccccc4C(=O)NC(C)C)SC3C2)nc(Cl)n1. The second kappa shape index (κ2) is 10.2. The average molecular weight is 502 g/mol. The van der Waals surface area contributed by atoms with Gasteiger partial charge in [-0.15, -0.1) is 0 Å². The molecule has 0 aliphatic carbocycles. The van der Waals surface area contributed by atoms with Crippen molar-refractivity contribution in [3.8, 4) is 0 Å². The zero-order valence-electron chi connectivity index (χ0n) is 19.5. The molecule has 11 heteroatoms. The number of hydrogen-bond acceptors (Lipinski definition) is 7. The first-order valence-electron chi connectivity index (χ1n) is 11.2. The molecule has 3 heterocycles. The topological polar surface area (TPSA) is 112 Å². The van der Waals surface area contributed by atoms with Crippen molar-refractivity contribution in [2.45, 2.75) is 45.0 Å². The van der Waals surface area contributed by atoms with Crippen LogP contribution >= 0.6 is 23.4 Å². The second-order valence-corrected chi connectivity index (χ2v) is 10.4. The van der Waals surface area contributed by atoms with Gasteiger partial charge in [-0.2, -0.15) is 0 Å². The number of rotatable bonds is 4. The van der Waals surface area contributed by atoms with Gasteiger partial charge in [0.05, 0.1) is 22.5 Å². The van der Waals surface area contributed by atoms with E-state index in [9.17, 15) is 9.59 Å². The van der Waals surface area contributed by atoms with Crippen molar-refractivity contribution < 1.29 is 9.59 Å². The van der Waals surface area contributed by atoms with Gasteiger partial charge >= 0.3 is 6.03 Å². The Labute approximate surface area is 208 Å². The first-order chi connectivity index (χ1) is 16.2. The van der Waals surface area contributed by atoms with E-state index in [-0.39, 0.29) is 34.4 Å². The molecule has 0 spiro atoms. The van der Waals surface area contributed by atoms with Crippen LogP contribution in [-0.4, -0.2) is 57.5 Å². The Balaban J connectivity index is 1.40. The van der Waals surface area contributed by atoms with Crippen LogP contribution in [-0.2, 0) is 0 Å². The van der Waals surface area contributed by atoms with Crippen LogP contribution in [0.5, 0.6) is 0 Å². The molecule has 180 valence electrons. The molecular weight excluding hydrogens is 474 g/mol. The molecule has 4 rings (SSSR count). The number of carbonyl (C=O) groups excluding carboxylic acids is 2. The number of aryl methyl sites for hydroxylation is 1. The van der Waals surface area contributed by atoms with Gasteiger partial charge < -0.3 is 15.5 Å². The van der Waals surface area contributed by atoms with Crippen LogP contribution < -0.4 is 20.9 Å². The van der Waals surface area contributed by atoms with Crippen molar-refractivity contribution in [3.63, 3.8) is 0 Å². The van der Waals surface area contributed by atoms with Gasteiger partial charge in [0.1, 0.15) is 5.82 Å². The molecule has 1 saturated heterocycles. The number of urea groups is 1. The molecule has 9 nitrogen and oxygen atoms in total. The molecule has 1 fully saturated rings. The lowest BCUT2D eigenvalue weighted by molar-refractivity contribution is 0.0944. The highest BCUT2D eigenvalue weighted by molar-refractivity contribution is 8.14. The maximum Gasteiger partial charge on any atom is 0.325 e. The number of hydrogen-bond donors (Lipinski definition) is 3. The maximum atomic E-state index is 12.7. The predicted octanol–water partition coefficient (Wildman–Crippen LogP) is 3.69. The smallest absolute Gasteiger partial charge is 0.325 e. The Morgan fingerprint density at radius 2 is 1.94 bits per heavy atom. The van der Waals surface area contributed by atoms with Crippen molar-refractivity contribution in [2.75, 3.05) is 23.3 Å². The molecule has 1 aromatic carbocycles. The van der Waals surface area contributed by atoms with E-state index in [1.165, 1.54) is 0 Å². The lowest BCUT2D eigenvalue weighted by atomic mass is 9.94. The zero-order chi connectivity index (χ0) is 24.4. The third-order valence-electron chi connectivity index (χ3n) is 5.60. The van der Waals surface area contributed by atoms with Gasteiger partial charge in [-0.05, 0) is 50.4 Å². The van der Waals surface area contributed by atoms with E-state index in [1.807, 2.05) is 26.8 Å². The predicted molar refractivity (Wildman–Crippen MR) is 137 cm³/mol. The minimum Gasteiger partial charge on any atom is -0.355 e. The van der Waals surface area contributed by atoms with Gasteiger partial charge in [-0.3, -0.25) is 15.1 Å². The van der Waals surface area contributed by atoms with Gasteiger partial charge in [-0.1, -0.05) is 30.8 Å². The molecule has 0 saturated carbocycles. The van der Waals surface area contributed by atoms with E-state index in [0.717, 1.165) is 24.6 Å². The first-order valence-corrected chi connectivity index (χ1v) is 12.4. The van der Waals surface area contributed by atoms with Crippen LogP contribution in [0.1, 0.15) is 36.8 Å². The number of fused-ring (bicyclic) bond motifs is 1. The van der Waals surface area contributed by atoms with Gasteiger partial charge in [0.15, 0.2) is 5.17 Å². The Hall–Kier alpha value is -2.85. The third kappa shape index (κ3) is 5.61. The average Bonchev–Trinajstić information content (AvgIpc) is 3.15. The maximum absolute atomic E-state index is 12.7. The van der Waals surface area contributed by atoms with Crippen LogP contribution in [0.3, 0.4) is 0 Å². The number of amidine groups is 1. The van der Waals surface area contributed by atoms with Crippen LogP contribution in [0, 0.1) is 12.8 Å². The van der Waals surface area contributed by atoms with Crippen molar-refractivity contribution in [1.29, 1.82) is 0 Å². The summed E-state index contributed by atoms with van der Waals surface area (Å²) in [6.45, 7) is 9.34. The quantitative estimate of drug-likeness (QED) is 0.551. The monoisotopic (exact) mass is 501 g/mol. The molecular formula is C23H28ClN7O2S. The summed E-state index contributed by atoms with van der Waals surface area (Å²) in [6.07, 6.45) is 0. The minimum atomic E-state index is -0.433. The molecule has 0 bridgehead atoms. The van der Waals surface area contributed by atoms with E-state index < -0.39 is 6.03 Å². The number of aliphatic imine (C=N–C) groups is 1. The molecule has 0 radical (unpaired) electrons. The fourth-order valence-electron chi connectivity index (χ4n) is 4.16. The number of nitrogens with zero attached hydrogens (tertiary/aromatic N) is 4. The van der Waals surface area contributed by atoms with Crippen LogP contribution in [0.15, 0.2) is 35.3 Å². The number of para-hydroxylation sites is 1. The summed E-state index contributed by atoms with van der Waals surface area (Å²) in [5.74, 6) is 0.834. The van der Waals surface area contributed by atoms with Crippen LogP contribution in [0.4, 0.5) is 16.3 Å². The largest absolute Gasteiger partial charge is 0.355 e. The number of aromatic nitrogens is 2. The molecule has 2 aliphatic rings. The second-order valence-electron chi connectivity index (χ2n) is 8.85. The number of anilines is 2. The van der Waals surface area contributed by atoms with Crippen LogP contribution in [0.25, 0.3) is 0 Å². The number of piperidine rings is 1. The highest BCUT2D eigenvalue weighted by Gasteiger charge is 2.40. The highest BCUT2D eigenvalue weighted by Crippen LogP contribution is 2.36. The molecule has 3 N–H and O–H groups in total. The summed E-state index contributed by atoms with van der Waals surface area (Å²) in [5.41, 5.74) is 1.67. The number of carbonyl (C=O) groups is 2. The molecule has 1 aromatic heterocycles. The van der Waals surface area contributed by atoms with E-state index >= 15 is 0 Å². The summed E-state index contributed by atoms with van der Waals surface area (Å²) in [5, 5.41) is 9.47. The number of halogens is 1. The van der Waals surface area contributed by atoms with Crippen molar-refractivity contribution in [3.05, 3.63) is 46.9 Å². The van der Waals surface area contributed by atoms with E-state index in [1.54, 1.807) is 36.0 Å². The first kappa shape index (κ1) is 24.3. The van der Waals surface area contributed by atoms with E-state index in [4.69, 9.17) is 16.6 Å². The van der Waals surface area contributed by atoms with Crippen LogP contribution in [0.2, 0.25) is 5.28 Å². The summed E-state index contributed by atoms with van der Waals surface area (Å²) >= 11 is 7.61. The summed E-state index contributed by atoms with van der Waals surface area (Å²) in [4.78, 5) is 40.7. The number of benzene rings is 1. The molecule has 3 atom stereocenters. The molecule has 3 amide bonds. The van der Waals surface area contributed by atoms with Crippen molar-refractivity contribution >= 4 is 52.0 Å². The Bertz CT molecular complexity index is 1110. The summed E-state index contributed by atoms with van der Waals surface area (Å²) in [6, 6.07) is 8.50. The van der Waals surface area contributed by atoms with Crippen molar-refractivity contribution in [1.82, 2.24) is 20.6 Å². The molecule has 2 aliphatic heterocycles. The number of thioether (sulfide) groups is 1. The van der Waals surface area contributed by atoms with E-state index in [2.05, 4.69) is 37.7 Å². The number of nitrogens with one attached hydrogen (secondary N) is 3. The Kier molecular flexibility index (Phi) is 7.27. The Morgan fingerprint density at radius 3 is 2.68 bits per heavy atom. The minimum absolute atomic E-state index is 0.00850. The molecule has 34 heavy (non-hydrogen) atoms. The fraction of sp³-hybridized carbons (Fsp3) is 0.435. The zero-order valence-corrected chi connectivity index (χ0v) is 21.1. The molecule has 3 unspecified atom stereocenters. The fourth-order valence-corrected chi connectivity index (χ4v) is 5.72.